The minimum Gasteiger partial charge on any atom is -0.469 e. The number of nitrogen functional groups attached to an aromatic ring is 1. The first-order valence-electron chi connectivity index (χ1n) is 9.48. The largest absolute Gasteiger partial charge is 0.469 e. The van der Waals surface area contributed by atoms with E-state index in [0.29, 0.717) is 6.42 Å². The average Bonchev–Trinajstić information content (AvgIpc) is 2.68. The van der Waals surface area contributed by atoms with Crippen molar-refractivity contribution in [2.45, 2.75) is 39.2 Å². The van der Waals surface area contributed by atoms with Gasteiger partial charge in [0.25, 0.3) is 0 Å². The Kier molecular flexibility index (Phi) is 5.84. The summed E-state index contributed by atoms with van der Waals surface area (Å²) in [6.07, 6.45) is 7.10. The van der Waals surface area contributed by atoms with Crippen molar-refractivity contribution in [3.63, 3.8) is 0 Å². The maximum Gasteiger partial charge on any atom is 0.307 e. The topological polar surface area (TPSA) is 55.6 Å². The van der Waals surface area contributed by atoms with E-state index >= 15 is 0 Å². The summed E-state index contributed by atoms with van der Waals surface area (Å²) in [5.41, 5.74) is 10.7. The van der Waals surface area contributed by atoms with Crippen molar-refractivity contribution < 1.29 is 9.53 Å². The van der Waals surface area contributed by atoms with Gasteiger partial charge >= 0.3 is 5.97 Å². The van der Waals surface area contributed by atoms with Gasteiger partial charge in [-0.25, -0.2) is 0 Å². The number of carbonyl (C=O) groups excluding carboxylic acids is 1. The zero-order valence-corrected chi connectivity index (χ0v) is 16.4. The standard InChI is InChI=1S/C23H28N2O2/c1-16-8-4-5-9-18(16)15-25(17(2)14-23(26)27-3)22-13-12-21(24)19-10-6-7-11-20(19)22/h6-13,17H,4-5,14-15,24H2,1-3H3. The van der Waals surface area contributed by atoms with Crippen molar-refractivity contribution >= 4 is 28.1 Å². The molecule has 0 bridgehead atoms. The summed E-state index contributed by atoms with van der Waals surface area (Å²) in [5, 5.41) is 2.14. The Morgan fingerprint density at radius 3 is 2.56 bits per heavy atom. The zero-order valence-electron chi connectivity index (χ0n) is 16.4. The molecular weight excluding hydrogens is 336 g/mol. The fraction of sp³-hybridized carbons (Fsp3) is 0.348. The molecule has 1 aliphatic carbocycles. The summed E-state index contributed by atoms with van der Waals surface area (Å²) in [6, 6.07) is 12.2. The molecule has 1 unspecified atom stereocenters. The Labute approximate surface area is 161 Å². The summed E-state index contributed by atoms with van der Waals surface area (Å²) in [5.74, 6) is -0.197. The quantitative estimate of drug-likeness (QED) is 0.588. The van der Waals surface area contributed by atoms with Gasteiger partial charge < -0.3 is 15.4 Å². The van der Waals surface area contributed by atoms with Crippen LogP contribution in [0.5, 0.6) is 0 Å². The lowest BCUT2D eigenvalue weighted by Gasteiger charge is -2.34. The van der Waals surface area contributed by atoms with E-state index in [1.807, 2.05) is 24.3 Å². The van der Waals surface area contributed by atoms with Crippen LogP contribution in [0.15, 0.2) is 59.7 Å². The second-order valence-corrected chi connectivity index (χ2v) is 7.17. The molecule has 0 aliphatic heterocycles. The van der Waals surface area contributed by atoms with Gasteiger partial charge in [0.15, 0.2) is 0 Å². The van der Waals surface area contributed by atoms with E-state index in [4.69, 9.17) is 10.5 Å². The molecular formula is C23H28N2O2. The minimum absolute atomic E-state index is 0.0000992. The number of methoxy groups -OCH3 is 1. The van der Waals surface area contributed by atoms with Gasteiger partial charge in [-0.3, -0.25) is 4.79 Å². The maximum absolute atomic E-state index is 11.9. The number of benzene rings is 2. The summed E-state index contributed by atoms with van der Waals surface area (Å²) < 4.78 is 4.91. The van der Waals surface area contributed by atoms with Crippen LogP contribution in [0.3, 0.4) is 0 Å². The number of allylic oxidation sites excluding steroid dienone is 2. The Hall–Kier alpha value is -2.75. The van der Waals surface area contributed by atoms with Crippen molar-refractivity contribution in [2.75, 3.05) is 24.3 Å². The molecule has 4 heteroatoms. The normalized spacial score (nSPS) is 15.1. The number of hydrogen-bond acceptors (Lipinski definition) is 4. The minimum atomic E-state index is -0.197. The molecule has 0 radical (unpaired) electrons. The highest BCUT2D eigenvalue weighted by Gasteiger charge is 2.22. The predicted molar refractivity (Wildman–Crippen MR) is 113 cm³/mol. The number of esters is 1. The van der Waals surface area contributed by atoms with Gasteiger partial charge in [-0.2, -0.15) is 0 Å². The lowest BCUT2D eigenvalue weighted by Crippen LogP contribution is -2.37. The van der Waals surface area contributed by atoms with E-state index in [1.54, 1.807) is 0 Å². The molecule has 3 rings (SSSR count). The summed E-state index contributed by atoms with van der Waals surface area (Å²) in [6.45, 7) is 4.99. The SMILES string of the molecule is COC(=O)CC(C)N(CC1=CCCC=C1C)c1ccc(N)c2ccccc12. The van der Waals surface area contributed by atoms with E-state index in [1.165, 1.54) is 18.3 Å². The van der Waals surface area contributed by atoms with E-state index in [-0.39, 0.29) is 12.0 Å². The molecule has 0 aromatic heterocycles. The van der Waals surface area contributed by atoms with Crippen molar-refractivity contribution in [3.05, 3.63) is 59.7 Å². The van der Waals surface area contributed by atoms with E-state index < -0.39 is 0 Å². The molecule has 4 nitrogen and oxygen atoms in total. The van der Waals surface area contributed by atoms with Crippen molar-refractivity contribution in [1.82, 2.24) is 0 Å². The smallest absolute Gasteiger partial charge is 0.307 e. The van der Waals surface area contributed by atoms with Crippen LogP contribution >= 0.6 is 0 Å². The Morgan fingerprint density at radius 2 is 1.85 bits per heavy atom. The van der Waals surface area contributed by atoms with Gasteiger partial charge in [0.05, 0.1) is 13.5 Å². The molecule has 0 heterocycles. The highest BCUT2D eigenvalue weighted by Crippen LogP contribution is 2.34. The van der Waals surface area contributed by atoms with Gasteiger partial charge in [0.2, 0.25) is 0 Å². The van der Waals surface area contributed by atoms with Gasteiger partial charge in [0, 0.05) is 34.7 Å². The molecule has 0 spiro atoms. The van der Waals surface area contributed by atoms with Crippen molar-refractivity contribution in [1.29, 1.82) is 0 Å². The molecule has 0 saturated carbocycles. The Bertz CT molecular complexity index is 898. The number of rotatable bonds is 6. The molecule has 142 valence electrons. The number of anilines is 2. The van der Waals surface area contributed by atoms with Crippen molar-refractivity contribution in [2.24, 2.45) is 0 Å². The van der Waals surface area contributed by atoms with Gasteiger partial charge in [0.1, 0.15) is 0 Å². The van der Waals surface area contributed by atoms with Crippen LogP contribution in [-0.2, 0) is 9.53 Å². The third-order valence-corrected chi connectivity index (χ3v) is 5.32. The third-order valence-electron chi connectivity index (χ3n) is 5.32. The average molecular weight is 364 g/mol. The molecule has 0 amide bonds. The van der Waals surface area contributed by atoms with E-state index in [2.05, 4.69) is 43.0 Å². The maximum atomic E-state index is 11.9. The number of hydrogen-bond donors (Lipinski definition) is 1. The van der Waals surface area contributed by atoms with Gasteiger partial charge in [-0.15, -0.1) is 0 Å². The Morgan fingerprint density at radius 1 is 1.15 bits per heavy atom. The highest BCUT2D eigenvalue weighted by atomic mass is 16.5. The monoisotopic (exact) mass is 364 g/mol. The predicted octanol–water partition coefficient (Wildman–Crippen LogP) is 4.85. The Balaban J connectivity index is 2.04. The second-order valence-electron chi connectivity index (χ2n) is 7.17. The summed E-state index contributed by atoms with van der Waals surface area (Å²) in [7, 11) is 1.44. The first kappa shape index (κ1) is 19.0. The summed E-state index contributed by atoms with van der Waals surface area (Å²) >= 11 is 0. The van der Waals surface area contributed by atoms with E-state index in [0.717, 1.165) is 41.5 Å². The van der Waals surface area contributed by atoms with Crippen LogP contribution in [0.1, 0.15) is 33.1 Å². The molecule has 2 aromatic rings. The fourth-order valence-electron chi connectivity index (χ4n) is 3.69. The van der Waals surface area contributed by atoms with Gasteiger partial charge in [-0.1, -0.05) is 42.0 Å². The van der Waals surface area contributed by atoms with Crippen LogP contribution in [0.4, 0.5) is 11.4 Å². The lowest BCUT2D eigenvalue weighted by molar-refractivity contribution is -0.140. The fourth-order valence-corrected chi connectivity index (χ4v) is 3.69. The highest BCUT2D eigenvalue weighted by molar-refractivity contribution is 6.01. The molecule has 0 saturated heterocycles. The first-order valence-corrected chi connectivity index (χ1v) is 9.48. The van der Waals surface area contributed by atoms with Crippen LogP contribution in [0.2, 0.25) is 0 Å². The van der Waals surface area contributed by atoms with Gasteiger partial charge in [-0.05, 0) is 44.4 Å². The molecule has 1 atom stereocenters. The lowest BCUT2D eigenvalue weighted by atomic mass is 9.97. The molecule has 2 N–H and O–H groups in total. The first-order chi connectivity index (χ1) is 13.0. The number of ether oxygens (including phenoxy) is 1. The zero-order chi connectivity index (χ0) is 19.4. The number of nitrogens with zero attached hydrogens (tertiary/aromatic N) is 1. The van der Waals surface area contributed by atoms with Crippen molar-refractivity contribution in [3.8, 4) is 0 Å². The number of fused-ring (bicyclic) bond motifs is 1. The second kappa shape index (κ2) is 8.30. The number of nitrogens with two attached hydrogens (primary N) is 1. The molecule has 0 fully saturated rings. The van der Waals surface area contributed by atoms with Crippen LogP contribution in [-0.4, -0.2) is 25.7 Å². The van der Waals surface area contributed by atoms with Crippen LogP contribution < -0.4 is 10.6 Å². The van der Waals surface area contributed by atoms with E-state index in [9.17, 15) is 4.79 Å². The van der Waals surface area contributed by atoms with Crippen LogP contribution in [0.25, 0.3) is 10.8 Å². The molecule has 1 aliphatic rings. The van der Waals surface area contributed by atoms with Crippen LogP contribution in [0, 0.1) is 0 Å². The third kappa shape index (κ3) is 4.16. The molecule has 27 heavy (non-hydrogen) atoms. The summed E-state index contributed by atoms with van der Waals surface area (Å²) in [4.78, 5) is 14.2. The molecule has 2 aromatic carbocycles. The number of carbonyl (C=O) groups is 1.